The first-order valence-corrected chi connectivity index (χ1v) is 13.3. The summed E-state index contributed by atoms with van der Waals surface area (Å²) in [7, 11) is -3.63. The lowest BCUT2D eigenvalue weighted by Gasteiger charge is -2.38. The Hall–Kier alpha value is -3.21. The van der Waals surface area contributed by atoms with E-state index in [0.29, 0.717) is 28.7 Å². The third-order valence-corrected chi connectivity index (χ3v) is 8.58. The van der Waals surface area contributed by atoms with Crippen molar-refractivity contribution in [2.75, 3.05) is 36.4 Å². The number of benzene rings is 2. The second-order valence-electron chi connectivity index (χ2n) is 9.23. The fourth-order valence-electron chi connectivity index (χ4n) is 4.63. The summed E-state index contributed by atoms with van der Waals surface area (Å²) in [5.41, 5.74) is 3.01. The van der Waals surface area contributed by atoms with Crippen molar-refractivity contribution < 1.29 is 13.2 Å². The zero-order valence-corrected chi connectivity index (χ0v) is 20.8. The Kier molecular flexibility index (Phi) is 6.35. The molecule has 0 aliphatic carbocycles. The molecule has 1 aromatic heterocycles. The number of aromatic amines is 1. The molecule has 0 radical (unpaired) electrons. The summed E-state index contributed by atoms with van der Waals surface area (Å²) in [5, 5.41) is 9.94. The van der Waals surface area contributed by atoms with Crippen LogP contribution in [0.1, 0.15) is 35.5 Å². The van der Waals surface area contributed by atoms with Crippen LogP contribution in [0.25, 0.3) is 0 Å². The number of nitrogens with zero attached hydrogens (tertiary/aromatic N) is 4. The highest BCUT2D eigenvalue weighted by Crippen LogP contribution is 2.31. The lowest BCUT2D eigenvalue weighted by atomic mass is 10.1. The number of hydrogen-bond donors (Lipinski definition) is 2. The van der Waals surface area contributed by atoms with E-state index in [0.717, 1.165) is 31.9 Å². The van der Waals surface area contributed by atoms with Crippen LogP contribution in [0.2, 0.25) is 0 Å². The summed E-state index contributed by atoms with van der Waals surface area (Å²) >= 11 is 0. The number of fused-ring (bicyclic) bond motifs is 1. The molecule has 2 N–H and O–H groups in total. The number of aromatic nitrogens is 2. The van der Waals surface area contributed by atoms with E-state index < -0.39 is 10.0 Å². The maximum atomic E-state index is 13.0. The van der Waals surface area contributed by atoms with Gasteiger partial charge < -0.3 is 10.2 Å². The predicted octanol–water partition coefficient (Wildman–Crippen LogP) is 2.90. The number of rotatable bonds is 6. The van der Waals surface area contributed by atoms with Crippen LogP contribution < -0.4 is 10.2 Å². The van der Waals surface area contributed by atoms with Gasteiger partial charge in [0, 0.05) is 55.6 Å². The van der Waals surface area contributed by atoms with Crippen molar-refractivity contribution in [3.63, 3.8) is 0 Å². The molecule has 0 saturated carbocycles. The summed E-state index contributed by atoms with van der Waals surface area (Å²) in [6.45, 7) is 8.77. The van der Waals surface area contributed by atoms with Gasteiger partial charge in [0.2, 0.25) is 10.0 Å². The fraction of sp³-hybridized carbons (Fsp3) is 0.360. The minimum Gasteiger partial charge on any atom is -0.369 e. The molecule has 3 heterocycles. The summed E-state index contributed by atoms with van der Waals surface area (Å²) in [4.78, 5) is 17.9. The zero-order valence-electron chi connectivity index (χ0n) is 19.9. The number of hydrogen-bond acceptors (Lipinski definition) is 6. The number of anilines is 2. The van der Waals surface area contributed by atoms with Crippen molar-refractivity contribution in [3.05, 3.63) is 71.4 Å². The van der Waals surface area contributed by atoms with E-state index in [-0.39, 0.29) is 23.9 Å². The van der Waals surface area contributed by atoms with E-state index >= 15 is 0 Å². The summed E-state index contributed by atoms with van der Waals surface area (Å²) in [6, 6.07) is 16.5. The van der Waals surface area contributed by atoms with E-state index in [9.17, 15) is 13.2 Å². The fourth-order valence-corrected chi connectivity index (χ4v) is 6.02. The summed E-state index contributed by atoms with van der Waals surface area (Å²) in [5.74, 6) is 0.0875. The lowest BCUT2D eigenvalue weighted by Crippen LogP contribution is -2.48. The molecule has 0 unspecified atom stereocenters. The number of piperazine rings is 1. The number of amides is 1. The van der Waals surface area contributed by atoms with Gasteiger partial charge in [0.25, 0.3) is 5.91 Å². The van der Waals surface area contributed by atoms with Crippen LogP contribution in [0, 0.1) is 0 Å². The van der Waals surface area contributed by atoms with Gasteiger partial charge in [-0.05, 0) is 50.2 Å². The highest BCUT2D eigenvalue weighted by atomic mass is 32.2. The summed E-state index contributed by atoms with van der Waals surface area (Å²) in [6.07, 6.45) is 0. The molecule has 184 valence electrons. The van der Waals surface area contributed by atoms with Gasteiger partial charge in [0.05, 0.1) is 17.1 Å². The van der Waals surface area contributed by atoms with Crippen molar-refractivity contribution in [1.82, 2.24) is 19.4 Å². The van der Waals surface area contributed by atoms with Crippen molar-refractivity contribution >= 4 is 27.4 Å². The van der Waals surface area contributed by atoms with Crippen LogP contribution in [0.15, 0.2) is 59.5 Å². The van der Waals surface area contributed by atoms with E-state index in [1.54, 1.807) is 30.3 Å². The minimum absolute atomic E-state index is 0.153. The normalized spacial score (nSPS) is 17.1. The van der Waals surface area contributed by atoms with E-state index in [1.165, 1.54) is 4.31 Å². The number of H-pyrrole nitrogens is 1. The second-order valence-corrected chi connectivity index (χ2v) is 11.2. The van der Waals surface area contributed by atoms with E-state index in [4.69, 9.17) is 0 Å². The molecule has 9 nitrogen and oxygen atoms in total. The molecule has 0 atom stereocenters. The van der Waals surface area contributed by atoms with Gasteiger partial charge in [-0.25, -0.2) is 8.42 Å². The number of nitrogens with one attached hydrogen (secondary N) is 2. The molecule has 0 bridgehead atoms. The van der Waals surface area contributed by atoms with E-state index in [2.05, 4.69) is 39.2 Å². The number of carbonyl (C=O) groups is 1. The molecule has 1 saturated heterocycles. The average molecular weight is 495 g/mol. The van der Waals surface area contributed by atoms with Crippen molar-refractivity contribution in [2.24, 2.45) is 0 Å². The maximum Gasteiger partial charge on any atom is 0.256 e. The standard InChI is InChI=1S/C25H30N6O3S/c1-18(2)29-12-14-30(15-13-29)20-10-8-19(9-11-20)25(32)26-24-22-16-31(17-23(22)27-28-24)35(33,34)21-6-4-3-5-7-21/h3-11,18H,12-17H2,1-2H3,(H2,26,27,28,32). The van der Waals surface area contributed by atoms with Crippen molar-refractivity contribution in [3.8, 4) is 0 Å². The summed E-state index contributed by atoms with van der Waals surface area (Å²) < 4.78 is 27.3. The number of sulfonamides is 1. The second kappa shape index (κ2) is 9.44. The molecule has 2 aromatic carbocycles. The molecule has 35 heavy (non-hydrogen) atoms. The van der Waals surface area contributed by atoms with Gasteiger partial charge in [0.1, 0.15) is 0 Å². The minimum atomic E-state index is -3.63. The Labute approximate surface area is 205 Å². The highest BCUT2D eigenvalue weighted by molar-refractivity contribution is 7.89. The van der Waals surface area contributed by atoms with Gasteiger partial charge in [-0.1, -0.05) is 18.2 Å². The predicted molar refractivity (Wildman–Crippen MR) is 135 cm³/mol. The molecular weight excluding hydrogens is 464 g/mol. The van der Waals surface area contributed by atoms with Crippen LogP contribution in [0.4, 0.5) is 11.5 Å². The first kappa shape index (κ1) is 23.5. The molecule has 10 heteroatoms. The molecule has 1 fully saturated rings. The first-order valence-electron chi connectivity index (χ1n) is 11.8. The Balaban J connectivity index is 1.23. The van der Waals surface area contributed by atoms with Gasteiger partial charge in [-0.3, -0.25) is 14.8 Å². The number of carbonyl (C=O) groups excluding carboxylic acids is 1. The first-order chi connectivity index (χ1) is 16.8. The molecule has 2 aliphatic rings. The quantitative estimate of drug-likeness (QED) is 0.547. The van der Waals surface area contributed by atoms with E-state index in [1.807, 2.05) is 24.3 Å². The topological polar surface area (TPSA) is 102 Å². The van der Waals surface area contributed by atoms with Crippen LogP contribution in [0.5, 0.6) is 0 Å². The van der Waals surface area contributed by atoms with Crippen molar-refractivity contribution in [2.45, 2.75) is 37.9 Å². The SMILES string of the molecule is CC(C)N1CCN(c2ccc(C(=O)Nc3n[nH]c4c3CN(S(=O)(=O)c3ccccc3)C4)cc2)CC1. The molecule has 5 rings (SSSR count). The van der Waals surface area contributed by atoms with Crippen LogP contribution >= 0.6 is 0 Å². The van der Waals surface area contributed by atoms with Gasteiger partial charge in [-0.2, -0.15) is 9.40 Å². The van der Waals surface area contributed by atoms with Crippen LogP contribution in [-0.2, 0) is 23.1 Å². The van der Waals surface area contributed by atoms with Crippen molar-refractivity contribution in [1.29, 1.82) is 0 Å². The molecule has 1 amide bonds. The smallest absolute Gasteiger partial charge is 0.256 e. The van der Waals surface area contributed by atoms with Gasteiger partial charge >= 0.3 is 0 Å². The Morgan fingerprint density at radius 1 is 0.971 bits per heavy atom. The van der Waals surface area contributed by atoms with Gasteiger partial charge in [0.15, 0.2) is 5.82 Å². The molecule has 0 spiro atoms. The molecular formula is C25H30N6O3S. The lowest BCUT2D eigenvalue weighted by molar-refractivity contribution is 0.102. The highest BCUT2D eigenvalue weighted by Gasteiger charge is 2.34. The largest absolute Gasteiger partial charge is 0.369 e. The Morgan fingerprint density at radius 3 is 2.31 bits per heavy atom. The third kappa shape index (κ3) is 4.69. The molecule has 2 aliphatic heterocycles. The third-order valence-electron chi connectivity index (χ3n) is 6.77. The maximum absolute atomic E-state index is 13.0. The Bertz CT molecular complexity index is 1300. The zero-order chi connectivity index (χ0) is 24.6. The monoisotopic (exact) mass is 494 g/mol. The Morgan fingerprint density at radius 2 is 1.66 bits per heavy atom. The van der Waals surface area contributed by atoms with Gasteiger partial charge in [-0.15, -0.1) is 0 Å². The van der Waals surface area contributed by atoms with Crippen LogP contribution in [-0.4, -0.2) is 65.9 Å². The average Bonchev–Trinajstić information content (AvgIpc) is 3.47. The molecule has 3 aromatic rings. The van der Waals surface area contributed by atoms with Crippen LogP contribution in [0.3, 0.4) is 0 Å².